The first-order valence-corrected chi connectivity index (χ1v) is 9.82. The molecule has 0 saturated heterocycles. The van der Waals surface area contributed by atoms with Gasteiger partial charge in [-0.15, -0.1) is 5.10 Å². The largest absolute Gasteiger partial charge is 0.382 e. The Morgan fingerprint density at radius 3 is 2.50 bits per heavy atom. The normalized spacial score (nSPS) is 21.2. The van der Waals surface area contributed by atoms with Crippen LogP contribution in [0.15, 0.2) is 78.9 Å². The van der Waals surface area contributed by atoms with Crippen LogP contribution in [0.2, 0.25) is 0 Å². The van der Waals surface area contributed by atoms with E-state index in [4.69, 9.17) is 0 Å². The van der Waals surface area contributed by atoms with E-state index in [9.17, 15) is 5.11 Å². The summed E-state index contributed by atoms with van der Waals surface area (Å²) in [4.78, 5) is 0. The molecule has 0 bridgehead atoms. The van der Waals surface area contributed by atoms with Crippen molar-refractivity contribution in [3.8, 4) is 0 Å². The number of hydrogen-bond donors (Lipinski definition) is 1. The van der Waals surface area contributed by atoms with Gasteiger partial charge in [0, 0.05) is 0 Å². The van der Waals surface area contributed by atoms with Crippen LogP contribution < -0.4 is 0 Å². The quantitative estimate of drug-likeness (QED) is 0.582. The highest BCUT2D eigenvalue weighted by Crippen LogP contribution is 2.50. The average molecular weight is 369 g/mol. The molecule has 5 rings (SSSR count). The van der Waals surface area contributed by atoms with Gasteiger partial charge < -0.3 is 5.11 Å². The van der Waals surface area contributed by atoms with Crippen molar-refractivity contribution in [3.63, 3.8) is 0 Å². The van der Waals surface area contributed by atoms with E-state index in [-0.39, 0.29) is 0 Å². The van der Waals surface area contributed by atoms with E-state index >= 15 is 0 Å². The van der Waals surface area contributed by atoms with Gasteiger partial charge in [0.2, 0.25) is 0 Å². The maximum absolute atomic E-state index is 12.3. The molecule has 4 heteroatoms. The highest BCUT2D eigenvalue weighted by molar-refractivity contribution is 5.74. The van der Waals surface area contributed by atoms with Gasteiger partial charge in [0.1, 0.15) is 16.7 Å². The van der Waals surface area contributed by atoms with Gasteiger partial charge in [0.25, 0.3) is 0 Å². The highest BCUT2D eigenvalue weighted by atomic mass is 16.3. The molecule has 1 aromatic heterocycles. The third kappa shape index (κ3) is 2.28. The molecule has 0 radical (unpaired) electrons. The van der Waals surface area contributed by atoms with Crippen LogP contribution >= 0.6 is 0 Å². The third-order valence-corrected chi connectivity index (χ3v) is 6.36. The van der Waals surface area contributed by atoms with E-state index in [2.05, 4.69) is 47.6 Å². The molecule has 0 fully saturated rings. The third-order valence-electron chi connectivity index (χ3n) is 6.36. The van der Waals surface area contributed by atoms with E-state index in [0.717, 1.165) is 35.0 Å². The molecule has 4 nitrogen and oxygen atoms in total. The Balaban J connectivity index is 1.84. The fraction of sp³-hybridized carbons (Fsp3) is 0.250. The minimum atomic E-state index is -1.10. The molecule has 1 heterocycles. The van der Waals surface area contributed by atoms with E-state index < -0.39 is 11.1 Å². The lowest BCUT2D eigenvalue weighted by Crippen LogP contribution is -2.54. The van der Waals surface area contributed by atoms with E-state index in [1.807, 2.05) is 53.2 Å². The predicted molar refractivity (Wildman–Crippen MR) is 110 cm³/mol. The number of benzene rings is 3. The number of nitrogens with zero attached hydrogens (tertiary/aromatic N) is 3. The lowest BCUT2D eigenvalue weighted by Gasteiger charge is -2.48. The number of aryl methyl sites for hydroxylation is 1. The van der Waals surface area contributed by atoms with Gasteiger partial charge in [-0.3, -0.25) is 0 Å². The Kier molecular flexibility index (Phi) is 3.84. The van der Waals surface area contributed by atoms with Gasteiger partial charge in [-0.2, -0.15) is 0 Å². The van der Waals surface area contributed by atoms with Crippen LogP contribution in [0.1, 0.15) is 36.5 Å². The van der Waals surface area contributed by atoms with Crippen molar-refractivity contribution in [2.75, 3.05) is 0 Å². The summed E-state index contributed by atoms with van der Waals surface area (Å²) in [5.74, 6) is 0. The molecule has 0 spiro atoms. The van der Waals surface area contributed by atoms with Gasteiger partial charge in [-0.1, -0.05) is 71.9 Å². The first-order valence-electron chi connectivity index (χ1n) is 9.82. The first-order chi connectivity index (χ1) is 13.6. The summed E-state index contributed by atoms with van der Waals surface area (Å²) in [5, 5.41) is 21.3. The molecule has 2 unspecified atom stereocenters. The molecular formula is C24H23N3O. The monoisotopic (exact) mass is 369 g/mol. The highest BCUT2D eigenvalue weighted by Gasteiger charge is 2.53. The number of aliphatic hydroxyl groups is 1. The molecule has 1 N–H and O–H groups in total. The SMILES string of the molecule is CC(c1ccccc1)(n1nnc2ccccc21)C1(O)CCCc2ccccc21. The molecule has 3 aromatic carbocycles. The number of hydrogen-bond acceptors (Lipinski definition) is 3. The zero-order chi connectivity index (χ0) is 19.2. The fourth-order valence-electron chi connectivity index (χ4n) is 4.81. The number of para-hydroxylation sites is 1. The minimum absolute atomic E-state index is 0.670. The van der Waals surface area contributed by atoms with E-state index in [1.54, 1.807) is 0 Å². The standard InChI is InChI=1S/C24H23N3O/c1-23(19-12-3-2-4-13-19,27-22-16-8-7-15-21(22)25-26-27)24(28)17-9-11-18-10-5-6-14-20(18)24/h2-8,10,12-16,28H,9,11,17H2,1H3. The molecule has 0 amide bonds. The number of fused-ring (bicyclic) bond motifs is 2. The van der Waals surface area contributed by atoms with Crippen molar-refractivity contribution < 1.29 is 5.11 Å². The van der Waals surface area contributed by atoms with Crippen LogP contribution in [0.25, 0.3) is 11.0 Å². The van der Waals surface area contributed by atoms with Crippen molar-refractivity contribution in [3.05, 3.63) is 95.6 Å². The summed E-state index contributed by atoms with van der Waals surface area (Å²) in [7, 11) is 0. The molecule has 1 aliphatic carbocycles. The van der Waals surface area contributed by atoms with Crippen LogP contribution in [0.3, 0.4) is 0 Å². The molecule has 140 valence electrons. The van der Waals surface area contributed by atoms with Gasteiger partial charge in [-0.25, -0.2) is 4.68 Å². The number of aromatic nitrogens is 3. The first kappa shape index (κ1) is 17.1. The maximum atomic E-state index is 12.3. The summed E-state index contributed by atoms with van der Waals surface area (Å²) < 4.78 is 1.92. The molecule has 1 aliphatic rings. The average Bonchev–Trinajstić information content (AvgIpc) is 3.19. The molecule has 4 aromatic rings. The Morgan fingerprint density at radius 1 is 0.929 bits per heavy atom. The number of rotatable bonds is 3. The summed E-state index contributed by atoms with van der Waals surface area (Å²) in [5.41, 5.74) is 3.07. The Labute approximate surface area is 164 Å². The lowest BCUT2D eigenvalue weighted by atomic mass is 9.65. The summed E-state index contributed by atoms with van der Waals surface area (Å²) >= 11 is 0. The second-order valence-corrected chi connectivity index (χ2v) is 7.80. The second-order valence-electron chi connectivity index (χ2n) is 7.80. The Morgan fingerprint density at radius 2 is 1.64 bits per heavy atom. The topological polar surface area (TPSA) is 50.9 Å². The predicted octanol–water partition coefficient (Wildman–Crippen LogP) is 4.42. The van der Waals surface area contributed by atoms with Crippen molar-refractivity contribution in [1.29, 1.82) is 0 Å². The van der Waals surface area contributed by atoms with E-state index in [1.165, 1.54) is 5.56 Å². The molecule has 28 heavy (non-hydrogen) atoms. The minimum Gasteiger partial charge on any atom is -0.382 e. The molecule has 2 atom stereocenters. The van der Waals surface area contributed by atoms with E-state index in [0.29, 0.717) is 6.42 Å². The van der Waals surface area contributed by atoms with Crippen molar-refractivity contribution in [1.82, 2.24) is 15.0 Å². The summed E-state index contributed by atoms with van der Waals surface area (Å²) in [6.45, 7) is 2.09. The zero-order valence-electron chi connectivity index (χ0n) is 15.9. The molecular weight excluding hydrogens is 346 g/mol. The Bertz CT molecular complexity index is 1140. The van der Waals surface area contributed by atoms with Gasteiger partial charge in [0.05, 0.1) is 5.52 Å². The van der Waals surface area contributed by atoms with Gasteiger partial charge in [0.15, 0.2) is 0 Å². The summed E-state index contributed by atoms with van der Waals surface area (Å²) in [6, 6.07) is 26.4. The molecule has 0 saturated carbocycles. The van der Waals surface area contributed by atoms with Crippen LogP contribution in [-0.2, 0) is 17.6 Å². The lowest BCUT2D eigenvalue weighted by molar-refractivity contribution is -0.0710. The van der Waals surface area contributed by atoms with Crippen LogP contribution in [0.5, 0.6) is 0 Å². The second kappa shape index (κ2) is 6.28. The van der Waals surface area contributed by atoms with Crippen molar-refractivity contribution in [2.24, 2.45) is 0 Å². The smallest absolute Gasteiger partial charge is 0.120 e. The Hall–Kier alpha value is -2.98. The van der Waals surface area contributed by atoms with Crippen molar-refractivity contribution in [2.45, 2.75) is 37.3 Å². The fourth-order valence-corrected chi connectivity index (χ4v) is 4.81. The van der Waals surface area contributed by atoms with Gasteiger partial charge >= 0.3 is 0 Å². The van der Waals surface area contributed by atoms with Crippen LogP contribution in [-0.4, -0.2) is 20.1 Å². The van der Waals surface area contributed by atoms with Crippen LogP contribution in [0.4, 0.5) is 0 Å². The molecule has 0 aliphatic heterocycles. The zero-order valence-corrected chi connectivity index (χ0v) is 15.9. The van der Waals surface area contributed by atoms with Gasteiger partial charge in [-0.05, 0) is 55.0 Å². The van der Waals surface area contributed by atoms with Crippen molar-refractivity contribution >= 4 is 11.0 Å². The maximum Gasteiger partial charge on any atom is 0.120 e. The summed E-state index contributed by atoms with van der Waals surface area (Å²) in [6.07, 6.45) is 2.59. The van der Waals surface area contributed by atoms with Crippen LogP contribution in [0, 0.1) is 0 Å².